The molecule has 1 rings (SSSR count). The average Bonchev–Trinajstić information content (AvgIpc) is 2.15. The van der Waals surface area contributed by atoms with Crippen LogP contribution in [0.2, 0.25) is 5.02 Å². The first-order valence-corrected chi connectivity index (χ1v) is 4.86. The number of hydrogen-bond donors (Lipinski definition) is 1. The standard InChI is InChI=1S/C10H8ClF3O3/c1-5(10(12,13)14)17-8-4-6(11)2-3-7(8)9(15)16/h2-5H,1H3,(H,15,16). The van der Waals surface area contributed by atoms with Crippen LogP contribution in [0.1, 0.15) is 17.3 Å². The highest BCUT2D eigenvalue weighted by Gasteiger charge is 2.38. The Morgan fingerprint density at radius 1 is 1.47 bits per heavy atom. The topological polar surface area (TPSA) is 46.5 Å². The lowest BCUT2D eigenvalue weighted by atomic mass is 10.2. The van der Waals surface area contributed by atoms with E-state index >= 15 is 0 Å². The molecule has 0 spiro atoms. The number of aromatic carboxylic acids is 1. The second kappa shape index (κ2) is 4.83. The van der Waals surface area contributed by atoms with E-state index in [9.17, 15) is 18.0 Å². The summed E-state index contributed by atoms with van der Waals surface area (Å²) in [7, 11) is 0. The molecule has 0 aliphatic heterocycles. The van der Waals surface area contributed by atoms with E-state index in [4.69, 9.17) is 16.7 Å². The molecule has 1 atom stereocenters. The van der Waals surface area contributed by atoms with E-state index in [-0.39, 0.29) is 10.6 Å². The molecule has 1 aromatic rings. The first-order valence-electron chi connectivity index (χ1n) is 4.48. The normalized spacial score (nSPS) is 13.2. The van der Waals surface area contributed by atoms with Gasteiger partial charge in [0.05, 0.1) is 0 Å². The van der Waals surface area contributed by atoms with Crippen LogP contribution in [0.15, 0.2) is 18.2 Å². The third-order valence-electron chi connectivity index (χ3n) is 1.94. The minimum atomic E-state index is -4.57. The SMILES string of the molecule is CC(Oc1cc(Cl)ccc1C(=O)O)C(F)(F)F. The maximum atomic E-state index is 12.3. The fourth-order valence-electron chi connectivity index (χ4n) is 1.03. The number of benzene rings is 1. The number of carboxylic acids is 1. The Balaban J connectivity index is 3.04. The van der Waals surface area contributed by atoms with Crippen LogP contribution < -0.4 is 4.74 Å². The zero-order chi connectivity index (χ0) is 13.2. The van der Waals surface area contributed by atoms with Crippen LogP contribution in [0.25, 0.3) is 0 Å². The molecule has 0 fully saturated rings. The summed E-state index contributed by atoms with van der Waals surface area (Å²) >= 11 is 5.57. The number of alkyl halides is 3. The van der Waals surface area contributed by atoms with Crippen LogP contribution in [-0.2, 0) is 0 Å². The first-order chi connectivity index (χ1) is 7.71. The van der Waals surface area contributed by atoms with Gasteiger partial charge in [-0.15, -0.1) is 0 Å². The number of halogens is 4. The van der Waals surface area contributed by atoms with Gasteiger partial charge in [0, 0.05) is 5.02 Å². The van der Waals surface area contributed by atoms with Crippen LogP contribution in [0.4, 0.5) is 13.2 Å². The molecule has 0 radical (unpaired) electrons. The molecule has 7 heteroatoms. The van der Waals surface area contributed by atoms with Crippen molar-refractivity contribution in [1.29, 1.82) is 0 Å². The second-order valence-electron chi connectivity index (χ2n) is 3.25. The summed E-state index contributed by atoms with van der Waals surface area (Å²) in [6.07, 6.45) is -6.68. The van der Waals surface area contributed by atoms with Crippen molar-refractivity contribution in [3.8, 4) is 5.75 Å². The first kappa shape index (κ1) is 13.6. The third-order valence-corrected chi connectivity index (χ3v) is 2.17. The molecule has 0 amide bonds. The molecule has 0 aromatic heterocycles. The minimum Gasteiger partial charge on any atom is -0.480 e. The molecule has 0 heterocycles. The number of carbonyl (C=O) groups is 1. The van der Waals surface area contributed by atoms with E-state index < -0.39 is 24.0 Å². The zero-order valence-corrected chi connectivity index (χ0v) is 9.34. The van der Waals surface area contributed by atoms with Gasteiger partial charge in [0.2, 0.25) is 0 Å². The fourth-order valence-corrected chi connectivity index (χ4v) is 1.19. The lowest BCUT2D eigenvalue weighted by molar-refractivity contribution is -0.189. The Kier molecular flexibility index (Phi) is 3.87. The molecule has 94 valence electrons. The van der Waals surface area contributed by atoms with Gasteiger partial charge in [-0.1, -0.05) is 11.6 Å². The smallest absolute Gasteiger partial charge is 0.425 e. The molecular weight excluding hydrogens is 261 g/mol. The van der Waals surface area contributed by atoms with Crippen molar-refractivity contribution in [1.82, 2.24) is 0 Å². The Morgan fingerprint density at radius 3 is 2.53 bits per heavy atom. The highest BCUT2D eigenvalue weighted by molar-refractivity contribution is 6.30. The molecule has 0 saturated carbocycles. The average molecular weight is 269 g/mol. The summed E-state index contributed by atoms with van der Waals surface area (Å²) in [5, 5.41) is 8.86. The van der Waals surface area contributed by atoms with Crippen molar-refractivity contribution < 1.29 is 27.8 Å². The summed E-state index contributed by atoms with van der Waals surface area (Å²) in [6, 6.07) is 3.38. The maximum absolute atomic E-state index is 12.3. The van der Waals surface area contributed by atoms with Crippen molar-refractivity contribution in [2.45, 2.75) is 19.2 Å². The van der Waals surface area contributed by atoms with Crippen LogP contribution in [0.3, 0.4) is 0 Å². The Morgan fingerprint density at radius 2 is 2.06 bits per heavy atom. The molecule has 0 aliphatic carbocycles. The maximum Gasteiger partial charge on any atom is 0.425 e. The molecule has 0 saturated heterocycles. The number of hydrogen-bond acceptors (Lipinski definition) is 2. The van der Waals surface area contributed by atoms with E-state index in [0.717, 1.165) is 19.1 Å². The van der Waals surface area contributed by atoms with Crippen LogP contribution in [0.5, 0.6) is 5.75 Å². The predicted molar refractivity (Wildman–Crippen MR) is 54.6 cm³/mol. The van der Waals surface area contributed by atoms with Crippen molar-refractivity contribution in [3.63, 3.8) is 0 Å². The number of ether oxygens (including phenoxy) is 1. The molecule has 0 bridgehead atoms. The molecule has 1 unspecified atom stereocenters. The highest BCUT2D eigenvalue weighted by Crippen LogP contribution is 2.29. The summed E-state index contributed by atoms with van der Waals surface area (Å²) < 4.78 is 41.4. The zero-order valence-electron chi connectivity index (χ0n) is 8.58. The van der Waals surface area contributed by atoms with Crippen molar-refractivity contribution >= 4 is 17.6 Å². The van der Waals surface area contributed by atoms with Gasteiger partial charge < -0.3 is 9.84 Å². The largest absolute Gasteiger partial charge is 0.480 e. The quantitative estimate of drug-likeness (QED) is 0.914. The van der Waals surface area contributed by atoms with E-state index in [1.54, 1.807) is 0 Å². The van der Waals surface area contributed by atoms with Crippen LogP contribution in [0, 0.1) is 0 Å². The minimum absolute atomic E-state index is 0.0966. The monoisotopic (exact) mass is 268 g/mol. The van der Waals surface area contributed by atoms with Gasteiger partial charge >= 0.3 is 12.1 Å². The number of carboxylic acid groups (broad SMARTS) is 1. The molecular formula is C10H8ClF3O3. The van der Waals surface area contributed by atoms with Gasteiger partial charge in [0.25, 0.3) is 0 Å². The van der Waals surface area contributed by atoms with Crippen molar-refractivity contribution in [2.75, 3.05) is 0 Å². The molecule has 17 heavy (non-hydrogen) atoms. The summed E-state index contributed by atoms with van der Waals surface area (Å²) in [6.45, 7) is 0.784. The molecule has 1 N–H and O–H groups in total. The fraction of sp³-hybridized carbons (Fsp3) is 0.300. The Hall–Kier alpha value is -1.43. The van der Waals surface area contributed by atoms with Gasteiger partial charge in [-0.2, -0.15) is 13.2 Å². The Bertz CT molecular complexity index is 431. The van der Waals surface area contributed by atoms with Gasteiger partial charge in [-0.05, 0) is 25.1 Å². The van der Waals surface area contributed by atoms with E-state index in [1.807, 2.05) is 0 Å². The van der Waals surface area contributed by atoms with E-state index in [0.29, 0.717) is 0 Å². The highest BCUT2D eigenvalue weighted by atomic mass is 35.5. The van der Waals surface area contributed by atoms with Crippen LogP contribution in [-0.4, -0.2) is 23.4 Å². The molecule has 3 nitrogen and oxygen atoms in total. The predicted octanol–water partition coefficient (Wildman–Crippen LogP) is 3.37. The van der Waals surface area contributed by atoms with E-state index in [1.165, 1.54) is 6.07 Å². The summed E-state index contributed by atoms with van der Waals surface area (Å²) in [4.78, 5) is 10.8. The lowest BCUT2D eigenvalue weighted by Crippen LogP contribution is -2.31. The Labute approximate surface area is 99.8 Å². The second-order valence-corrected chi connectivity index (χ2v) is 3.68. The molecule has 0 aliphatic rings. The van der Waals surface area contributed by atoms with E-state index in [2.05, 4.69) is 4.74 Å². The van der Waals surface area contributed by atoms with Crippen LogP contribution >= 0.6 is 11.6 Å². The van der Waals surface area contributed by atoms with Gasteiger partial charge in [0.1, 0.15) is 11.3 Å². The summed E-state index contributed by atoms with van der Waals surface area (Å²) in [5.41, 5.74) is -0.370. The third kappa shape index (κ3) is 3.52. The van der Waals surface area contributed by atoms with Gasteiger partial charge in [-0.25, -0.2) is 4.79 Å². The van der Waals surface area contributed by atoms with Gasteiger partial charge in [0.15, 0.2) is 6.10 Å². The summed E-state index contributed by atoms with van der Waals surface area (Å²) in [5.74, 6) is -1.79. The van der Waals surface area contributed by atoms with Gasteiger partial charge in [-0.3, -0.25) is 0 Å². The number of rotatable bonds is 3. The van der Waals surface area contributed by atoms with Crippen molar-refractivity contribution in [2.24, 2.45) is 0 Å². The lowest BCUT2D eigenvalue weighted by Gasteiger charge is -2.18. The molecule has 1 aromatic carbocycles. The van der Waals surface area contributed by atoms with Crippen molar-refractivity contribution in [3.05, 3.63) is 28.8 Å².